The van der Waals surface area contributed by atoms with E-state index >= 15 is 0 Å². The predicted octanol–water partition coefficient (Wildman–Crippen LogP) is 0.755. The number of fused-ring (bicyclic) bond motifs is 1. The number of hydrogen-bond acceptors (Lipinski definition) is 2. The Labute approximate surface area is 74.3 Å². The summed E-state index contributed by atoms with van der Waals surface area (Å²) in [5, 5.41) is 3.41. The molecule has 3 heteroatoms. The average molecular weight is 177 g/mol. The summed E-state index contributed by atoms with van der Waals surface area (Å²) in [6, 6.07) is 0.498. The average Bonchev–Trinajstić information content (AvgIpc) is 2.34. The highest BCUT2D eigenvalue weighted by Gasteiger charge is 2.34. The summed E-state index contributed by atoms with van der Waals surface area (Å²) in [5.74, 6) is 1.75. The Morgan fingerprint density at radius 1 is 1.18 bits per heavy atom. The Morgan fingerprint density at radius 2 is 2.00 bits per heavy atom. The number of hydrogen-bond donors (Lipinski definition) is 2. The third-order valence-corrected chi connectivity index (χ3v) is 3.10. The van der Waals surface area contributed by atoms with Gasteiger partial charge in [0.15, 0.2) is 0 Å². The van der Waals surface area contributed by atoms with Gasteiger partial charge < -0.3 is 11.1 Å². The molecular formula is C8H17ClN2. The Morgan fingerprint density at radius 3 is 2.73 bits per heavy atom. The number of piperidine rings is 1. The molecule has 0 aromatic carbocycles. The normalized spacial score (nSPS) is 42.8. The molecule has 2 fully saturated rings. The first kappa shape index (κ1) is 9.30. The van der Waals surface area contributed by atoms with E-state index in [1.807, 2.05) is 0 Å². The van der Waals surface area contributed by atoms with Crippen LogP contribution >= 0.6 is 12.4 Å². The highest BCUT2D eigenvalue weighted by Crippen LogP contribution is 2.34. The molecule has 0 radical (unpaired) electrons. The predicted molar refractivity (Wildman–Crippen MR) is 48.9 cm³/mol. The molecule has 2 nitrogen and oxygen atoms in total. The molecule has 11 heavy (non-hydrogen) atoms. The molecule has 3 atom stereocenters. The van der Waals surface area contributed by atoms with E-state index in [4.69, 9.17) is 5.73 Å². The molecule has 1 aliphatic heterocycles. The van der Waals surface area contributed by atoms with E-state index in [1.165, 1.54) is 32.4 Å². The van der Waals surface area contributed by atoms with E-state index < -0.39 is 0 Å². The zero-order chi connectivity index (χ0) is 6.97. The highest BCUT2D eigenvalue weighted by atomic mass is 35.5. The molecule has 0 spiro atoms. The lowest BCUT2D eigenvalue weighted by molar-refractivity contribution is 0.278. The van der Waals surface area contributed by atoms with Crippen molar-refractivity contribution in [2.75, 3.05) is 13.1 Å². The first-order valence-corrected chi connectivity index (χ1v) is 4.34. The van der Waals surface area contributed by atoms with Gasteiger partial charge in [0.05, 0.1) is 0 Å². The molecule has 2 rings (SSSR count). The second-order valence-corrected chi connectivity index (χ2v) is 3.66. The van der Waals surface area contributed by atoms with Gasteiger partial charge in [0.2, 0.25) is 0 Å². The highest BCUT2D eigenvalue weighted by molar-refractivity contribution is 5.85. The Bertz CT molecular complexity index is 127. The van der Waals surface area contributed by atoms with E-state index in [0.29, 0.717) is 6.04 Å². The summed E-state index contributed by atoms with van der Waals surface area (Å²) in [6.45, 7) is 2.39. The largest absolute Gasteiger partial charge is 0.327 e. The molecule has 3 N–H and O–H groups in total. The van der Waals surface area contributed by atoms with Crippen molar-refractivity contribution >= 4 is 12.4 Å². The van der Waals surface area contributed by atoms with Crippen molar-refractivity contribution in [3.8, 4) is 0 Å². The zero-order valence-electron chi connectivity index (χ0n) is 6.75. The van der Waals surface area contributed by atoms with Crippen LogP contribution in [0.25, 0.3) is 0 Å². The van der Waals surface area contributed by atoms with Crippen LogP contribution in [0.2, 0.25) is 0 Å². The van der Waals surface area contributed by atoms with E-state index in [0.717, 1.165) is 11.8 Å². The molecule has 0 aromatic rings. The van der Waals surface area contributed by atoms with E-state index in [1.54, 1.807) is 0 Å². The van der Waals surface area contributed by atoms with Crippen molar-refractivity contribution in [3.05, 3.63) is 0 Å². The number of nitrogens with one attached hydrogen (secondary N) is 1. The fourth-order valence-electron chi connectivity index (χ4n) is 2.42. The summed E-state index contributed by atoms with van der Waals surface area (Å²) in [6.07, 6.45) is 4.00. The SMILES string of the molecule is Cl.N[C@H]1CC[C@@H]2CCNC[C@@H]21. The van der Waals surface area contributed by atoms with Gasteiger partial charge in [-0.25, -0.2) is 0 Å². The molecule has 1 aliphatic carbocycles. The fourth-order valence-corrected chi connectivity index (χ4v) is 2.42. The molecule has 0 amide bonds. The van der Waals surface area contributed by atoms with Crippen molar-refractivity contribution < 1.29 is 0 Å². The summed E-state index contributed by atoms with van der Waals surface area (Å²) >= 11 is 0. The monoisotopic (exact) mass is 176 g/mol. The van der Waals surface area contributed by atoms with Crippen LogP contribution in [0.1, 0.15) is 19.3 Å². The molecule has 1 saturated heterocycles. The lowest BCUT2D eigenvalue weighted by atomic mass is 9.88. The molecule has 1 heterocycles. The van der Waals surface area contributed by atoms with Gasteiger partial charge in [0, 0.05) is 6.04 Å². The van der Waals surface area contributed by atoms with Crippen LogP contribution in [-0.4, -0.2) is 19.1 Å². The van der Waals surface area contributed by atoms with Gasteiger partial charge in [0.25, 0.3) is 0 Å². The van der Waals surface area contributed by atoms with Crippen LogP contribution in [0.5, 0.6) is 0 Å². The number of nitrogens with two attached hydrogens (primary N) is 1. The summed E-state index contributed by atoms with van der Waals surface area (Å²) in [7, 11) is 0. The maximum Gasteiger partial charge on any atom is 0.00820 e. The maximum absolute atomic E-state index is 5.95. The van der Waals surface area contributed by atoms with Crippen LogP contribution in [0.15, 0.2) is 0 Å². The lowest BCUT2D eigenvalue weighted by Crippen LogP contribution is -2.41. The van der Waals surface area contributed by atoms with Gasteiger partial charge in [-0.3, -0.25) is 0 Å². The molecular weight excluding hydrogens is 160 g/mol. The quantitative estimate of drug-likeness (QED) is 0.572. The smallest absolute Gasteiger partial charge is 0.00820 e. The second-order valence-electron chi connectivity index (χ2n) is 3.66. The van der Waals surface area contributed by atoms with Crippen LogP contribution < -0.4 is 11.1 Å². The van der Waals surface area contributed by atoms with Gasteiger partial charge in [-0.05, 0) is 44.2 Å². The lowest BCUT2D eigenvalue weighted by Gasteiger charge is -2.28. The Hall–Kier alpha value is 0.210. The molecule has 0 bridgehead atoms. The molecule has 0 unspecified atom stereocenters. The van der Waals surface area contributed by atoms with Crippen molar-refractivity contribution in [3.63, 3.8) is 0 Å². The number of halogens is 1. The topological polar surface area (TPSA) is 38.0 Å². The van der Waals surface area contributed by atoms with Gasteiger partial charge in [-0.2, -0.15) is 0 Å². The van der Waals surface area contributed by atoms with Gasteiger partial charge in [0.1, 0.15) is 0 Å². The molecule has 1 saturated carbocycles. The third-order valence-electron chi connectivity index (χ3n) is 3.10. The molecule has 66 valence electrons. The van der Waals surface area contributed by atoms with Gasteiger partial charge in [-0.1, -0.05) is 0 Å². The van der Waals surface area contributed by atoms with E-state index in [9.17, 15) is 0 Å². The summed E-state index contributed by atoms with van der Waals surface area (Å²) < 4.78 is 0. The third kappa shape index (κ3) is 1.68. The molecule has 2 aliphatic rings. The first-order chi connectivity index (χ1) is 4.88. The second kappa shape index (κ2) is 3.74. The summed E-state index contributed by atoms with van der Waals surface area (Å²) in [4.78, 5) is 0. The fraction of sp³-hybridized carbons (Fsp3) is 1.00. The first-order valence-electron chi connectivity index (χ1n) is 4.34. The van der Waals surface area contributed by atoms with Crippen LogP contribution in [-0.2, 0) is 0 Å². The zero-order valence-corrected chi connectivity index (χ0v) is 7.57. The van der Waals surface area contributed by atoms with Crippen molar-refractivity contribution in [2.45, 2.75) is 25.3 Å². The van der Waals surface area contributed by atoms with Crippen LogP contribution in [0, 0.1) is 11.8 Å². The summed E-state index contributed by atoms with van der Waals surface area (Å²) in [5.41, 5.74) is 5.95. The van der Waals surface area contributed by atoms with Crippen molar-refractivity contribution in [2.24, 2.45) is 17.6 Å². The standard InChI is InChI=1S/C8H16N2.ClH/c9-8-2-1-6-3-4-10-5-7(6)8;/h6-8,10H,1-5,9H2;1H/t6-,7+,8+;/m1./s1. The minimum atomic E-state index is 0. The van der Waals surface area contributed by atoms with Gasteiger partial charge >= 0.3 is 0 Å². The van der Waals surface area contributed by atoms with Crippen LogP contribution in [0.3, 0.4) is 0 Å². The Kier molecular flexibility index (Phi) is 3.16. The van der Waals surface area contributed by atoms with E-state index in [2.05, 4.69) is 5.32 Å². The van der Waals surface area contributed by atoms with Crippen molar-refractivity contribution in [1.29, 1.82) is 0 Å². The van der Waals surface area contributed by atoms with Crippen LogP contribution in [0.4, 0.5) is 0 Å². The minimum absolute atomic E-state index is 0. The number of rotatable bonds is 0. The maximum atomic E-state index is 5.95. The van der Waals surface area contributed by atoms with Crippen molar-refractivity contribution in [1.82, 2.24) is 5.32 Å². The Balaban J connectivity index is 0.000000605. The van der Waals surface area contributed by atoms with E-state index in [-0.39, 0.29) is 12.4 Å². The molecule has 0 aromatic heterocycles. The minimum Gasteiger partial charge on any atom is -0.327 e. The van der Waals surface area contributed by atoms with Gasteiger partial charge in [-0.15, -0.1) is 12.4 Å².